The maximum atomic E-state index is 11.9. The summed E-state index contributed by atoms with van der Waals surface area (Å²) >= 11 is 4.84. The highest BCUT2D eigenvalue weighted by atomic mass is 32.1. The number of hydrogen-bond donors (Lipinski definition) is 2. The highest BCUT2D eigenvalue weighted by Crippen LogP contribution is 2.16. The number of benzene rings is 1. The van der Waals surface area contributed by atoms with Gasteiger partial charge in [0.2, 0.25) is 0 Å². The number of hydrogen-bond acceptors (Lipinski definition) is 4. The van der Waals surface area contributed by atoms with Gasteiger partial charge in [-0.05, 0) is 36.8 Å². The highest BCUT2D eigenvalue weighted by Gasteiger charge is 2.27. The number of carbonyl (C=O) groups excluding carboxylic acids is 1. The Morgan fingerprint density at radius 3 is 2.91 bits per heavy atom. The Bertz CT molecular complexity index is 708. The zero-order chi connectivity index (χ0) is 16.2. The number of amides is 1. The Morgan fingerprint density at radius 1 is 1.41 bits per heavy atom. The van der Waals surface area contributed by atoms with E-state index >= 15 is 0 Å². The third-order valence-corrected chi connectivity index (χ3v) is 2.89. The molecular formula is C13H13F3N2O3S. The molecule has 2 aromatic rings. The molecule has 0 aliphatic carbocycles. The topological polar surface area (TPSA) is 67.3 Å². The van der Waals surface area contributed by atoms with Crippen molar-refractivity contribution in [3.63, 3.8) is 0 Å². The minimum absolute atomic E-state index is 0.0781. The van der Waals surface area contributed by atoms with Crippen molar-refractivity contribution in [1.29, 1.82) is 0 Å². The quantitative estimate of drug-likeness (QED) is 0.629. The summed E-state index contributed by atoms with van der Waals surface area (Å²) in [6, 6.07) is 4.80. The first kappa shape index (κ1) is 16.5. The lowest BCUT2D eigenvalue weighted by Gasteiger charge is -2.08. The van der Waals surface area contributed by atoms with Crippen molar-refractivity contribution in [3.05, 3.63) is 28.6 Å². The molecule has 2 N–H and O–H groups in total. The molecular weight excluding hydrogens is 321 g/mol. The van der Waals surface area contributed by atoms with Crippen molar-refractivity contribution in [2.75, 3.05) is 19.8 Å². The number of aromatic amines is 1. The van der Waals surface area contributed by atoms with Crippen LogP contribution in [-0.4, -0.2) is 36.8 Å². The summed E-state index contributed by atoms with van der Waals surface area (Å²) in [5.41, 5.74) is 1.52. The average Bonchev–Trinajstić information content (AvgIpc) is 2.80. The standard InChI is InChI=1S/C13H13F3N2O3S/c14-13(15,16)7-20-5-1-4-17-11(19)8-2-3-9-10(6-8)21-12(22)18-9/h2-3,6H,1,4-5,7H2,(H,17,19)(H,18,22). The lowest BCUT2D eigenvalue weighted by molar-refractivity contribution is -0.173. The predicted molar refractivity (Wildman–Crippen MR) is 75.2 cm³/mol. The van der Waals surface area contributed by atoms with Gasteiger partial charge < -0.3 is 19.5 Å². The van der Waals surface area contributed by atoms with Crippen LogP contribution in [0.1, 0.15) is 16.8 Å². The van der Waals surface area contributed by atoms with E-state index in [1.165, 1.54) is 6.07 Å². The number of ether oxygens (including phenoxy) is 1. The number of rotatable bonds is 6. The van der Waals surface area contributed by atoms with Crippen LogP contribution in [0.2, 0.25) is 0 Å². The number of nitrogens with one attached hydrogen (secondary N) is 2. The second-order valence-corrected chi connectivity index (χ2v) is 4.87. The second-order valence-electron chi connectivity index (χ2n) is 4.50. The van der Waals surface area contributed by atoms with E-state index in [1.807, 2.05) is 0 Å². The summed E-state index contributed by atoms with van der Waals surface area (Å²) in [6.45, 7) is -1.15. The van der Waals surface area contributed by atoms with E-state index in [2.05, 4.69) is 15.0 Å². The maximum Gasteiger partial charge on any atom is 0.411 e. The molecule has 0 unspecified atom stereocenters. The maximum absolute atomic E-state index is 11.9. The Hall–Kier alpha value is -1.87. The Kier molecular flexibility index (Phi) is 5.19. The summed E-state index contributed by atoms with van der Waals surface area (Å²) < 4.78 is 45.1. The first-order valence-electron chi connectivity index (χ1n) is 6.41. The van der Waals surface area contributed by atoms with Gasteiger partial charge in [-0.3, -0.25) is 4.79 Å². The zero-order valence-corrected chi connectivity index (χ0v) is 12.1. The van der Waals surface area contributed by atoms with Crippen LogP contribution in [0.4, 0.5) is 13.2 Å². The van der Waals surface area contributed by atoms with E-state index in [1.54, 1.807) is 12.1 Å². The fourth-order valence-corrected chi connectivity index (χ4v) is 1.95. The van der Waals surface area contributed by atoms with Crippen molar-refractivity contribution in [2.24, 2.45) is 0 Å². The largest absolute Gasteiger partial charge is 0.429 e. The van der Waals surface area contributed by atoms with Crippen LogP contribution in [0.15, 0.2) is 22.6 Å². The second kappa shape index (κ2) is 6.93. The van der Waals surface area contributed by atoms with Crippen LogP contribution in [-0.2, 0) is 4.74 Å². The molecule has 0 atom stereocenters. The molecule has 22 heavy (non-hydrogen) atoms. The van der Waals surface area contributed by atoms with Crippen LogP contribution < -0.4 is 5.32 Å². The third kappa shape index (κ3) is 4.85. The number of halogens is 3. The van der Waals surface area contributed by atoms with Crippen LogP contribution in [0.3, 0.4) is 0 Å². The van der Waals surface area contributed by atoms with Gasteiger partial charge in [0.05, 0.1) is 5.52 Å². The lowest BCUT2D eigenvalue weighted by Crippen LogP contribution is -2.26. The van der Waals surface area contributed by atoms with E-state index in [9.17, 15) is 18.0 Å². The average molecular weight is 334 g/mol. The number of fused-ring (bicyclic) bond motifs is 1. The number of carbonyl (C=O) groups is 1. The smallest absolute Gasteiger partial charge is 0.411 e. The van der Waals surface area contributed by atoms with Gasteiger partial charge in [0, 0.05) is 18.7 Å². The molecule has 0 bridgehead atoms. The van der Waals surface area contributed by atoms with E-state index in [-0.39, 0.29) is 30.3 Å². The molecule has 1 heterocycles. The molecule has 0 aliphatic heterocycles. The van der Waals surface area contributed by atoms with Crippen LogP contribution >= 0.6 is 12.2 Å². The molecule has 0 saturated heterocycles. The minimum Gasteiger partial charge on any atom is -0.429 e. The highest BCUT2D eigenvalue weighted by molar-refractivity contribution is 7.71. The molecule has 0 saturated carbocycles. The van der Waals surface area contributed by atoms with Crippen molar-refractivity contribution < 1.29 is 27.1 Å². The van der Waals surface area contributed by atoms with Gasteiger partial charge in [0.25, 0.3) is 10.7 Å². The lowest BCUT2D eigenvalue weighted by atomic mass is 10.2. The molecule has 0 radical (unpaired) electrons. The number of alkyl halides is 3. The van der Waals surface area contributed by atoms with Gasteiger partial charge in [0.15, 0.2) is 5.58 Å². The van der Waals surface area contributed by atoms with Gasteiger partial charge in [0.1, 0.15) is 6.61 Å². The summed E-state index contributed by atoms with van der Waals surface area (Å²) in [6.07, 6.45) is -4.04. The van der Waals surface area contributed by atoms with E-state index in [0.29, 0.717) is 16.7 Å². The van der Waals surface area contributed by atoms with Crippen molar-refractivity contribution in [1.82, 2.24) is 10.3 Å². The van der Waals surface area contributed by atoms with E-state index < -0.39 is 12.8 Å². The molecule has 120 valence electrons. The van der Waals surface area contributed by atoms with Gasteiger partial charge in [-0.2, -0.15) is 13.2 Å². The van der Waals surface area contributed by atoms with E-state index in [4.69, 9.17) is 16.6 Å². The summed E-state index contributed by atoms with van der Waals surface area (Å²) in [5, 5.41) is 2.59. The zero-order valence-electron chi connectivity index (χ0n) is 11.3. The third-order valence-electron chi connectivity index (χ3n) is 2.70. The first-order valence-corrected chi connectivity index (χ1v) is 6.81. The number of H-pyrrole nitrogens is 1. The van der Waals surface area contributed by atoms with Crippen molar-refractivity contribution >= 4 is 29.2 Å². The normalized spacial score (nSPS) is 11.8. The molecule has 1 aromatic carbocycles. The Labute approximate surface area is 128 Å². The van der Waals surface area contributed by atoms with Gasteiger partial charge in [-0.25, -0.2) is 0 Å². The fourth-order valence-electron chi connectivity index (χ4n) is 1.75. The summed E-state index contributed by atoms with van der Waals surface area (Å²) in [5.74, 6) is -0.347. The molecule has 9 heteroatoms. The Morgan fingerprint density at radius 2 is 2.18 bits per heavy atom. The van der Waals surface area contributed by atoms with Crippen LogP contribution in [0.25, 0.3) is 11.1 Å². The summed E-state index contributed by atoms with van der Waals surface area (Å²) in [7, 11) is 0. The van der Waals surface area contributed by atoms with Crippen LogP contribution in [0.5, 0.6) is 0 Å². The SMILES string of the molecule is O=C(NCCCOCC(F)(F)F)c1ccc2[nH]c(=S)oc2c1. The molecule has 2 rings (SSSR count). The monoisotopic (exact) mass is 334 g/mol. The van der Waals surface area contributed by atoms with Crippen molar-refractivity contribution in [2.45, 2.75) is 12.6 Å². The minimum atomic E-state index is -4.33. The first-order chi connectivity index (χ1) is 10.3. The number of aromatic nitrogens is 1. The van der Waals surface area contributed by atoms with Gasteiger partial charge >= 0.3 is 6.18 Å². The molecule has 1 aromatic heterocycles. The molecule has 0 aliphatic rings. The molecule has 0 spiro atoms. The molecule has 5 nitrogen and oxygen atoms in total. The Balaban J connectivity index is 1.78. The fraction of sp³-hybridized carbons (Fsp3) is 0.385. The predicted octanol–water partition coefficient (Wildman–Crippen LogP) is 3.19. The van der Waals surface area contributed by atoms with Crippen molar-refractivity contribution in [3.8, 4) is 0 Å². The summed E-state index contributed by atoms with van der Waals surface area (Å²) in [4.78, 5) is 14.9. The van der Waals surface area contributed by atoms with Crippen LogP contribution in [0, 0.1) is 4.84 Å². The number of oxazole rings is 1. The van der Waals surface area contributed by atoms with E-state index in [0.717, 1.165) is 0 Å². The molecule has 0 fully saturated rings. The van der Waals surface area contributed by atoms with Gasteiger partial charge in [-0.15, -0.1) is 0 Å². The molecule has 1 amide bonds. The van der Waals surface area contributed by atoms with Gasteiger partial charge in [-0.1, -0.05) is 0 Å².